The van der Waals surface area contributed by atoms with E-state index in [1.165, 1.54) is 0 Å². The largest absolute Gasteiger partial charge is 0.350 e. The molecule has 0 aliphatic carbocycles. The van der Waals surface area contributed by atoms with Gasteiger partial charge in [0, 0.05) is 30.7 Å². The molecule has 0 fully saturated rings. The van der Waals surface area contributed by atoms with Gasteiger partial charge in [-0.3, -0.25) is 9.48 Å². The minimum absolute atomic E-state index is 0.0343. The predicted molar refractivity (Wildman–Crippen MR) is 71.9 cm³/mol. The molecule has 2 aromatic rings. The van der Waals surface area contributed by atoms with E-state index in [-0.39, 0.29) is 5.91 Å². The molecule has 0 atom stereocenters. The number of carbonyl (C=O) groups excluding carboxylic acids is 1. The number of hydrogen-bond donors (Lipinski definition) is 1. The molecule has 0 aromatic carbocycles. The number of rotatable bonds is 5. The Balaban J connectivity index is 1.96. The van der Waals surface area contributed by atoms with Gasteiger partial charge in [-0.15, -0.1) is 5.10 Å². The van der Waals surface area contributed by atoms with E-state index in [2.05, 4.69) is 27.1 Å². The van der Waals surface area contributed by atoms with Gasteiger partial charge < -0.3 is 9.88 Å². The smallest absolute Gasteiger partial charge is 0.253 e. The van der Waals surface area contributed by atoms with E-state index in [1.807, 2.05) is 19.9 Å². The predicted octanol–water partition coefficient (Wildman–Crippen LogP) is 1.15. The number of amides is 1. The summed E-state index contributed by atoms with van der Waals surface area (Å²) in [6, 6.07) is 1.93. The van der Waals surface area contributed by atoms with Crippen molar-refractivity contribution in [3.05, 3.63) is 35.4 Å². The van der Waals surface area contributed by atoms with Gasteiger partial charge >= 0.3 is 0 Å². The van der Waals surface area contributed by atoms with Crippen LogP contribution in [0.1, 0.15) is 28.7 Å². The molecule has 0 saturated carbocycles. The second kappa shape index (κ2) is 5.69. The summed E-state index contributed by atoms with van der Waals surface area (Å²) >= 11 is 0. The number of hydrogen-bond acceptors (Lipinski definition) is 3. The lowest BCUT2D eigenvalue weighted by Crippen LogP contribution is -2.27. The first-order valence-corrected chi connectivity index (χ1v) is 6.42. The van der Waals surface area contributed by atoms with Crippen LogP contribution in [0.4, 0.5) is 0 Å². The summed E-state index contributed by atoms with van der Waals surface area (Å²) in [6.07, 6.45) is 3.39. The van der Waals surface area contributed by atoms with E-state index in [4.69, 9.17) is 0 Å². The number of aromatic nitrogens is 4. The molecule has 1 N–H and O–H groups in total. The van der Waals surface area contributed by atoms with E-state index in [0.29, 0.717) is 13.1 Å². The van der Waals surface area contributed by atoms with Gasteiger partial charge in [-0.05, 0) is 26.8 Å². The SMILES string of the molecule is CCn1c(C)cc(C(=O)NCCn2ccnn2)c1C. The first kappa shape index (κ1) is 13.3. The normalized spacial score (nSPS) is 10.7. The molecule has 0 saturated heterocycles. The molecule has 0 radical (unpaired) electrons. The van der Waals surface area contributed by atoms with Crippen molar-refractivity contribution < 1.29 is 4.79 Å². The standard InChI is InChI=1S/C13H19N5O/c1-4-18-10(2)9-12(11(18)3)13(19)14-5-7-17-8-6-15-16-17/h6,8-9H,4-5,7H2,1-3H3,(H,14,19). The van der Waals surface area contributed by atoms with Crippen molar-refractivity contribution in [2.75, 3.05) is 6.54 Å². The van der Waals surface area contributed by atoms with Crippen molar-refractivity contribution in [1.82, 2.24) is 24.9 Å². The first-order valence-electron chi connectivity index (χ1n) is 6.42. The van der Waals surface area contributed by atoms with Crippen LogP contribution in [0.3, 0.4) is 0 Å². The molecule has 6 nitrogen and oxygen atoms in total. The molecule has 2 heterocycles. The van der Waals surface area contributed by atoms with Gasteiger partial charge in [-0.25, -0.2) is 0 Å². The molecule has 1 amide bonds. The molecule has 0 unspecified atom stereocenters. The minimum Gasteiger partial charge on any atom is -0.350 e. The third kappa shape index (κ3) is 2.83. The third-order valence-corrected chi connectivity index (χ3v) is 3.23. The molecule has 0 spiro atoms. The third-order valence-electron chi connectivity index (χ3n) is 3.23. The van der Waals surface area contributed by atoms with Crippen LogP contribution in [0.15, 0.2) is 18.5 Å². The maximum Gasteiger partial charge on any atom is 0.253 e. The lowest BCUT2D eigenvalue weighted by Gasteiger charge is -2.07. The molecular weight excluding hydrogens is 242 g/mol. The molecule has 0 aliphatic rings. The summed E-state index contributed by atoms with van der Waals surface area (Å²) in [6.45, 7) is 8.11. The van der Waals surface area contributed by atoms with Crippen LogP contribution in [-0.2, 0) is 13.1 Å². The maximum atomic E-state index is 12.1. The zero-order valence-corrected chi connectivity index (χ0v) is 11.6. The summed E-state index contributed by atoms with van der Waals surface area (Å²) in [5, 5.41) is 10.5. The Bertz CT molecular complexity index is 556. The van der Waals surface area contributed by atoms with E-state index >= 15 is 0 Å². The highest BCUT2D eigenvalue weighted by Crippen LogP contribution is 2.14. The zero-order chi connectivity index (χ0) is 13.8. The Morgan fingerprint density at radius 2 is 2.21 bits per heavy atom. The fourth-order valence-electron chi connectivity index (χ4n) is 2.25. The Kier molecular flexibility index (Phi) is 3.99. The quantitative estimate of drug-likeness (QED) is 0.878. The Hall–Kier alpha value is -2.11. The number of aryl methyl sites for hydroxylation is 1. The monoisotopic (exact) mass is 261 g/mol. The lowest BCUT2D eigenvalue weighted by atomic mass is 10.2. The number of nitrogens with zero attached hydrogens (tertiary/aromatic N) is 4. The van der Waals surface area contributed by atoms with E-state index in [0.717, 1.165) is 23.5 Å². The van der Waals surface area contributed by atoms with Gasteiger partial charge in [0.1, 0.15) is 0 Å². The summed E-state index contributed by atoms with van der Waals surface area (Å²) in [4.78, 5) is 12.1. The molecule has 0 bridgehead atoms. The van der Waals surface area contributed by atoms with Crippen LogP contribution in [0.2, 0.25) is 0 Å². The van der Waals surface area contributed by atoms with Crippen LogP contribution in [-0.4, -0.2) is 32.0 Å². The highest BCUT2D eigenvalue weighted by Gasteiger charge is 2.14. The van der Waals surface area contributed by atoms with Crippen LogP contribution < -0.4 is 5.32 Å². The van der Waals surface area contributed by atoms with Crippen molar-refractivity contribution >= 4 is 5.91 Å². The molecule has 102 valence electrons. The molecule has 0 aliphatic heterocycles. The molecule has 19 heavy (non-hydrogen) atoms. The Morgan fingerprint density at radius 1 is 1.42 bits per heavy atom. The highest BCUT2D eigenvalue weighted by atomic mass is 16.1. The van der Waals surface area contributed by atoms with E-state index < -0.39 is 0 Å². The molecule has 2 aromatic heterocycles. The summed E-state index contributed by atoms with van der Waals surface area (Å²) in [7, 11) is 0. The molecule has 2 rings (SSSR count). The summed E-state index contributed by atoms with van der Waals surface area (Å²) in [5.41, 5.74) is 2.87. The highest BCUT2D eigenvalue weighted by molar-refractivity contribution is 5.95. The van der Waals surface area contributed by atoms with E-state index in [1.54, 1.807) is 17.1 Å². The second-order valence-electron chi connectivity index (χ2n) is 4.45. The van der Waals surface area contributed by atoms with Gasteiger partial charge in [0.2, 0.25) is 0 Å². The molecular formula is C13H19N5O. The average molecular weight is 261 g/mol. The van der Waals surface area contributed by atoms with Gasteiger partial charge in [-0.2, -0.15) is 0 Å². The van der Waals surface area contributed by atoms with Crippen molar-refractivity contribution in [3.63, 3.8) is 0 Å². The van der Waals surface area contributed by atoms with Crippen LogP contribution in [0, 0.1) is 13.8 Å². The fourth-order valence-corrected chi connectivity index (χ4v) is 2.25. The van der Waals surface area contributed by atoms with Gasteiger partial charge in [0.15, 0.2) is 0 Å². The second-order valence-corrected chi connectivity index (χ2v) is 4.45. The van der Waals surface area contributed by atoms with Crippen LogP contribution in [0.5, 0.6) is 0 Å². The van der Waals surface area contributed by atoms with Crippen molar-refractivity contribution in [3.8, 4) is 0 Å². The number of nitrogens with one attached hydrogen (secondary N) is 1. The van der Waals surface area contributed by atoms with Crippen LogP contribution in [0.25, 0.3) is 0 Å². The van der Waals surface area contributed by atoms with E-state index in [9.17, 15) is 4.79 Å². The minimum atomic E-state index is -0.0343. The lowest BCUT2D eigenvalue weighted by molar-refractivity contribution is 0.0951. The van der Waals surface area contributed by atoms with Gasteiger partial charge in [0.25, 0.3) is 5.91 Å². The summed E-state index contributed by atoms with van der Waals surface area (Å²) < 4.78 is 3.82. The number of carbonyl (C=O) groups is 1. The average Bonchev–Trinajstić information content (AvgIpc) is 2.98. The fraction of sp³-hybridized carbons (Fsp3) is 0.462. The summed E-state index contributed by atoms with van der Waals surface area (Å²) in [5.74, 6) is -0.0343. The Morgan fingerprint density at radius 3 is 2.79 bits per heavy atom. The van der Waals surface area contributed by atoms with Crippen molar-refractivity contribution in [2.24, 2.45) is 0 Å². The van der Waals surface area contributed by atoms with Crippen molar-refractivity contribution in [1.29, 1.82) is 0 Å². The van der Waals surface area contributed by atoms with Crippen molar-refractivity contribution in [2.45, 2.75) is 33.9 Å². The first-order chi connectivity index (χ1) is 9.13. The zero-order valence-electron chi connectivity index (χ0n) is 11.6. The topological polar surface area (TPSA) is 64.7 Å². The van der Waals surface area contributed by atoms with Gasteiger partial charge in [0.05, 0.1) is 18.3 Å². The maximum absolute atomic E-state index is 12.1. The molecule has 6 heteroatoms. The Labute approximate surface area is 112 Å². The van der Waals surface area contributed by atoms with Gasteiger partial charge in [-0.1, -0.05) is 5.21 Å². The van der Waals surface area contributed by atoms with Crippen LogP contribution >= 0.6 is 0 Å².